The van der Waals surface area contributed by atoms with Crippen LogP contribution in [0.25, 0.3) is 11.1 Å². The lowest BCUT2D eigenvalue weighted by Crippen LogP contribution is -2.61. The standard InChI is InChI=1S/C34H38FN5O5/c1-21(2)17-45-33(44)37-12-9-34(10-13-37)18-39(19-34)24-7-5-22(6-8-24)23-14-25-26(27(35)15-23)16-40(31(25)41)30(32(42)43)29-28-4-3-11-38(28)20-36-29/h5-8,14-15,20-21,30H,3-4,9-13,16-19H2,1-2H3,(H,42,43). The molecule has 1 atom stereocenters. The Bertz CT molecular complexity index is 1650. The number of rotatable bonds is 7. The lowest BCUT2D eigenvalue weighted by Gasteiger charge is -2.54. The summed E-state index contributed by atoms with van der Waals surface area (Å²) in [4.78, 5) is 48.0. The van der Waals surface area contributed by atoms with Gasteiger partial charge in [0, 0.05) is 60.6 Å². The summed E-state index contributed by atoms with van der Waals surface area (Å²) in [5, 5.41) is 10.1. The van der Waals surface area contributed by atoms with E-state index in [1.807, 2.05) is 47.6 Å². The maximum Gasteiger partial charge on any atom is 0.409 e. The molecule has 1 spiro atoms. The fourth-order valence-corrected chi connectivity index (χ4v) is 7.31. The number of halogens is 1. The molecular weight excluding hydrogens is 577 g/mol. The van der Waals surface area contributed by atoms with Gasteiger partial charge in [-0.25, -0.2) is 19.0 Å². The Hall–Kier alpha value is -4.41. The summed E-state index contributed by atoms with van der Waals surface area (Å²) in [5.41, 5.74) is 4.22. The second kappa shape index (κ2) is 11.2. The summed E-state index contributed by atoms with van der Waals surface area (Å²) in [6.07, 6.45) is 4.91. The van der Waals surface area contributed by atoms with E-state index in [9.17, 15) is 19.5 Å². The topological polar surface area (TPSA) is 108 Å². The van der Waals surface area contributed by atoms with Gasteiger partial charge in [0.2, 0.25) is 0 Å². The Morgan fingerprint density at radius 3 is 2.49 bits per heavy atom. The molecule has 236 valence electrons. The minimum atomic E-state index is -1.27. The highest BCUT2D eigenvalue weighted by Crippen LogP contribution is 2.43. The highest BCUT2D eigenvalue weighted by Gasteiger charge is 2.46. The first-order valence-corrected chi connectivity index (χ1v) is 15.8. The van der Waals surface area contributed by atoms with Gasteiger partial charge in [-0.15, -0.1) is 0 Å². The molecule has 10 nitrogen and oxygen atoms in total. The summed E-state index contributed by atoms with van der Waals surface area (Å²) in [5.74, 6) is -1.88. The Labute approximate surface area is 261 Å². The predicted octanol–water partition coefficient (Wildman–Crippen LogP) is 5.11. The molecule has 11 heteroatoms. The molecule has 4 aliphatic rings. The van der Waals surface area contributed by atoms with Crippen LogP contribution in [0.2, 0.25) is 0 Å². The van der Waals surface area contributed by atoms with Crippen molar-refractivity contribution in [3.63, 3.8) is 0 Å². The zero-order valence-electron chi connectivity index (χ0n) is 25.7. The number of carboxylic acid groups (broad SMARTS) is 1. The van der Waals surface area contributed by atoms with Crippen molar-refractivity contribution in [1.29, 1.82) is 0 Å². The van der Waals surface area contributed by atoms with Crippen LogP contribution in [0.1, 0.15) is 66.5 Å². The number of carbonyl (C=O) groups is 3. The Kier molecular flexibility index (Phi) is 7.29. The van der Waals surface area contributed by atoms with Crippen LogP contribution in [0.15, 0.2) is 42.7 Å². The summed E-state index contributed by atoms with van der Waals surface area (Å²) in [6.45, 7) is 8.41. The van der Waals surface area contributed by atoms with Crippen molar-refractivity contribution in [2.24, 2.45) is 11.3 Å². The van der Waals surface area contributed by atoms with Crippen LogP contribution >= 0.6 is 0 Å². The molecular formula is C34H38FN5O5. The second-order valence-corrected chi connectivity index (χ2v) is 13.4. The van der Waals surface area contributed by atoms with Gasteiger partial charge < -0.3 is 29.1 Å². The smallest absolute Gasteiger partial charge is 0.409 e. The van der Waals surface area contributed by atoms with Gasteiger partial charge in [0.15, 0.2) is 6.04 Å². The van der Waals surface area contributed by atoms with Crippen LogP contribution in [0.4, 0.5) is 14.9 Å². The van der Waals surface area contributed by atoms with E-state index in [-0.39, 0.29) is 29.2 Å². The normalized spacial score (nSPS) is 19.1. The number of imidazole rings is 1. The molecule has 0 aliphatic carbocycles. The fourth-order valence-electron chi connectivity index (χ4n) is 7.31. The molecule has 2 amide bonds. The summed E-state index contributed by atoms with van der Waals surface area (Å²) >= 11 is 0. The number of nitrogens with zero attached hydrogens (tertiary/aromatic N) is 5. The Morgan fingerprint density at radius 1 is 1.07 bits per heavy atom. The van der Waals surface area contributed by atoms with Crippen LogP contribution in [0.5, 0.6) is 0 Å². The molecule has 0 radical (unpaired) electrons. The fraction of sp³-hybridized carbons (Fsp3) is 0.471. The number of aryl methyl sites for hydroxylation is 1. The first-order chi connectivity index (χ1) is 21.6. The highest BCUT2D eigenvalue weighted by atomic mass is 19.1. The number of benzene rings is 2. The molecule has 2 aromatic carbocycles. The summed E-state index contributed by atoms with van der Waals surface area (Å²) < 4.78 is 22.8. The van der Waals surface area contributed by atoms with Crippen LogP contribution in [-0.4, -0.2) is 75.2 Å². The minimum absolute atomic E-state index is 0.115. The second-order valence-electron chi connectivity index (χ2n) is 13.4. The third-order valence-corrected chi connectivity index (χ3v) is 9.85. The van der Waals surface area contributed by atoms with Crippen LogP contribution in [0.3, 0.4) is 0 Å². The first kappa shape index (κ1) is 29.3. The van der Waals surface area contributed by atoms with Crippen molar-refractivity contribution >= 4 is 23.7 Å². The number of hydrogen-bond acceptors (Lipinski definition) is 6. The maximum atomic E-state index is 15.5. The largest absolute Gasteiger partial charge is 0.479 e. The number of fused-ring (bicyclic) bond motifs is 2. The molecule has 1 N–H and O–H groups in total. The predicted molar refractivity (Wildman–Crippen MR) is 164 cm³/mol. The number of amides is 2. The lowest BCUT2D eigenvalue weighted by molar-refractivity contribution is -0.142. The molecule has 3 aromatic rings. The minimum Gasteiger partial charge on any atom is -0.479 e. The van der Waals surface area contributed by atoms with Gasteiger partial charge in [-0.05, 0) is 67.0 Å². The third-order valence-electron chi connectivity index (χ3n) is 9.85. The first-order valence-electron chi connectivity index (χ1n) is 15.8. The number of piperidine rings is 1. The van der Waals surface area contributed by atoms with Gasteiger partial charge in [-0.1, -0.05) is 26.0 Å². The molecule has 2 fully saturated rings. The zero-order chi connectivity index (χ0) is 31.5. The number of likely N-dealkylation sites (tertiary alicyclic amines) is 1. The van der Waals surface area contributed by atoms with Gasteiger partial charge in [0.25, 0.3) is 5.91 Å². The van der Waals surface area contributed by atoms with Crippen LogP contribution in [0, 0.1) is 17.2 Å². The SMILES string of the molecule is CC(C)COC(=O)N1CCC2(CC1)CN(c1ccc(-c3cc(F)c4c(c3)C(=O)N(C(C(=O)O)c3ncn5c3CCC5)C4)cc1)C2. The van der Waals surface area contributed by atoms with Gasteiger partial charge in [-0.2, -0.15) is 0 Å². The van der Waals surface area contributed by atoms with Crippen LogP contribution in [-0.2, 0) is 29.0 Å². The average molecular weight is 616 g/mol. The van der Waals surface area contributed by atoms with Crippen molar-refractivity contribution in [2.75, 3.05) is 37.7 Å². The number of carboxylic acids is 1. The van der Waals surface area contributed by atoms with Crippen molar-refractivity contribution in [3.05, 3.63) is 71.1 Å². The van der Waals surface area contributed by atoms with E-state index in [4.69, 9.17) is 4.74 Å². The Balaban J connectivity index is 1.02. The van der Waals surface area contributed by atoms with Gasteiger partial charge in [0.1, 0.15) is 5.82 Å². The number of aromatic nitrogens is 2. The van der Waals surface area contributed by atoms with Gasteiger partial charge in [-0.3, -0.25) is 4.79 Å². The molecule has 1 aromatic heterocycles. The van der Waals surface area contributed by atoms with E-state index in [0.717, 1.165) is 55.8 Å². The highest BCUT2D eigenvalue weighted by molar-refractivity contribution is 6.01. The van der Waals surface area contributed by atoms with E-state index >= 15 is 4.39 Å². The van der Waals surface area contributed by atoms with Gasteiger partial charge in [0.05, 0.1) is 25.2 Å². The van der Waals surface area contributed by atoms with Crippen molar-refractivity contribution < 1.29 is 28.6 Å². The van der Waals surface area contributed by atoms with Gasteiger partial charge >= 0.3 is 12.1 Å². The Morgan fingerprint density at radius 2 is 1.80 bits per heavy atom. The van der Waals surface area contributed by atoms with E-state index in [2.05, 4.69) is 9.88 Å². The van der Waals surface area contributed by atoms with E-state index in [1.165, 1.54) is 11.0 Å². The molecule has 45 heavy (non-hydrogen) atoms. The molecule has 0 bridgehead atoms. The van der Waals surface area contributed by atoms with Crippen molar-refractivity contribution in [1.82, 2.24) is 19.4 Å². The summed E-state index contributed by atoms with van der Waals surface area (Å²) in [7, 11) is 0. The number of hydrogen-bond donors (Lipinski definition) is 1. The van der Waals surface area contributed by atoms with Crippen molar-refractivity contribution in [2.45, 2.75) is 58.7 Å². The quantitative estimate of drug-likeness (QED) is 0.394. The number of anilines is 1. The number of aliphatic carboxylic acids is 1. The monoisotopic (exact) mass is 615 g/mol. The molecule has 2 saturated heterocycles. The average Bonchev–Trinajstić information content (AvgIpc) is 3.72. The molecule has 5 heterocycles. The maximum absolute atomic E-state index is 15.5. The molecule has 7 rings (SSSR count). The van der Waals surface area contributed by atoms with E-state index in [1.54, 1.807) is 12.4 Å². The van der Waals surface area contributed by atoms with E-state index in [0.29, 0.717) is 43.3 Å². The lowest BCUT2D eigenvalue weighted by atomic mass is 9.72. The number of ether oxygens (including phenoxy) is 1. The molecule has 1 unspecified atom stereocenters. The number of carbonyl (C=O) groups excluding carboxylic acids is 2. The van der Waals surface area contributed by atoms with E-state index < -0.39 is 23.7 Å². The molecule has 0 saturated carbocycles. The third kappa shape index (κ3) is 5.21. The summed E-state index contributed by atoms with van der Waals surface area (Å²) in [6, 6.07) is 9.71. The van der Waals surface area contributed by atoms with Crippen molar-refractivity contribution in [3.8, 4) is 11.1 Å². The van der Waals surface area contributed by atoms with Crippen LogP contribution < -0.4 is 4.90 Å². The molecule has 4 aliphatic heterocycles. The zero-order valence-corrected chi connectivity index (χ0v) is 25.7.